The van der Waals surface area contributed by atoms with Gasteiger partial charge in [0.25, 0.3) is 0 Å². The molecule has 20 heavy (non-hydrogen) atoms. The number of nitrogens with one attached hydrogen (secondary N) is 1. The first-order valence-corrected chi connectivity index (χ1v) is 6.25. The Balaban J connectivity index is 2.35. The molecule has 0 saturated carbocycles. The minimum absolute atomic E-state index is 0.0751. The van der Waals surface area contributed by atoms with Gasteiger partial charge < -0.3 is 11.1 Å². The summed E-state index contributed by atoms with van der Waals surface area (Å²) in [5, 5.41) is 2.59. The molecule has 0 fully saturated rings. The van der Waals surface area contributed by atoms with Crippen molar-refractivity contribution in [2.75, 3.05) is 11.1 Å². The minimum atomic E-state index is -4.56. The number of alkyl halides is 3. The fourth-order valence-corrected chi connectivity index (χ4v) is 1.96. The lowest BCUT2D eigenvalue weighted by atomic mass is 10.1. The lowest BCUT2D eigenvalue weighted by Crippen LogP contribution is -2.09. The van der Waals surface area contributed by atoms with Crippen LogP contribution in [0.5, 0.6) is 0 Å². The van der Waals surface area contributed by atoms with E-state index in [4.69, 9.17) is 5.73 Å². The van der Waals surface area contributed by atoms with Gasteiger partial charge in [-0.2, -0.15) is 13.2 Å². The first kappa shape index (κ1) is 14.6. The van der Waals surface area contributed by atoms with Gasteiger partial charge in [0.2, 0.25) is 0 Å². The molecule has 0 amide bonds. The van der Waals surface area contributed by atoms with E-state index in [1.807, 2.05) is 0 Å². The van der Waals surface area contributed by atoms with Gasteiger partial charge in [0.05, 0.1) is 11.3 Å². The minimum Gasteiger partial charge on any atom is -0.398 e. The molecule has 0 aliphatic rings. The van der Waals surface area contributed by atoms with Gasteiger partial charge in [0.1, 0.15) is 5.82 Å². The van der Waals surface area contributed by atoms with E-state index in [-0.39, 0.29) is 17.1 Å². The Kier molecular flexibility index (Phi) is 3.89. The molecule has 2 nitrogen and oxygen atoms in total. The predicted octanol–water partition coefficient (Wildman–Crippen LogP) is 4.93. The van der Waals surface area contributed by atoms with Crippen molar-refractivity contribution in [1.29, 1.82) is 0 Å². The molecule has 0 aliphatic carbocycles. The average molecular weight is 349 g/mol. The van der Waals surface area contributed by atoms with Gasteiger partial charge in [-0.15, -0.1) is 0 Å². The third-order valence-corrected chi connectivity index (χ3v) is 3.06. The van der Waals surface area contributed by atoms with Gasteiger partial charge in [-0.1, -0.05) is 15.9 Å². The topological polar surface area (TPSA) is 38.0 Å². The maximum absolute atomic E-state index is 13.6. The van der Waals surface area contributed by atoms with Gasteiger partial charge in [0, 0.05) is 15.8 Å². The lowest BCUT2D eigenvalue weighted by molar-refractivity contribution is -0.136. The van der Waals surface area contributed by atoms with E-state index in [1.54, 1.807) is 6.07 Å². The number of benzene rings is 2. The van der Waals surface area contributed by atoms with Crippen LogP contribution in [-0.2, 0) is 6.18 Å². The largest absolute Gasteiger partial charge is 0.418 e. The molecule has 2 aromatic carbocycles. The highest BCUT2D eigenvalue weighted by atomic mass is 79.9. The zero-order valence-electron chi connectivity index (χ0n) is 9.93. The van der Waals surface area contributed by atoms with Crippen LogP contribution < -0.4 is 11.1 Å². The molecule has 0 unspecified atom stereocenters. The van der Waals surface area contributed by atoms with Crippen LogP contribution in [0, 0.1) is 5.82 Å². The molecular weight excluding hydrogens is 340 g/mol. The second kappa shape index (κ2) is 5.32. The quantitative estimate of drug-likeness (QED) is 0.596. The first-order valence-electron chi connectivity index (χ1n) is 5.46. The van der Waals surface area contributed by atoms with Crippen molar-refractivity contribution >= 4 is 33.0 Å². The summed E-state index contributed by atoms with van der Waals surface area (Å²) >= 11 is 3.10. The van der Waals surface area contributed by atoms with E-state index >= 15 is 0 Å². The van der Waals surface area contributed by atoms with Crippen LogP contribution in [0.3, 0.4) is 0 Å². The highest BCUT2D eigenvalue weighted by molar-refractivity contribution is 9.10. The monoisotopic (exact) mass is 348 g/mol. The Morgan fingerprint density at radius 3 is 2.35 bits per heavy atom. The maximum Gasteiger partial charge on any atom is 0.418 e. The first-order chi connectivity index (χ1) is 9.27. The zero-order chi connectivity index (χ0) is 14.9. The average Bonchev–Trinajstić information content (AvgIpc) is 2.33. The molecule has 7 heteroatoms. The molecule has 0 heterocycles. The number of hydrogen-bond acceptors (Lipinski definition) is 2. The van der Waals surface area contributed by atoms with Crippen LogP contribution in [0.15, 0.2) is 40.9 Å². The van der Waals surface area contributed by atoms with E-state index in [1.165, 1.54) is 18.2 Å². The summed E-state index contributed by atoms with van der Waals surface area (Å²) in [6.07, 6.45) is -4.56. The fraction of sp³-hybridized carbons (Fsp3) is 0.0769. The standard InChI is InChI=1S/C13H9BrF4N2/c14-7-1-4-12(10(15)5-7)20-8-2-3-11(19)9(6-8)13(16,17)18/h1-6,20H,19H2. The summed E-state index contributed by atoms with van der Waals surface area (Å²) in [5.74, 6) is -0.579. The SMILES string of the molecule is Nc1ccc(Nc2ccc(Br)cc2F)cc1C(F)(F)F. The molecule has 0 aliphatic heterocycles. The molecular formula is C13H9BrF4N2. The highest BCUT2D eigenvalue weighted by Crippen LogP contribution is 2.36. The fourth-order valence-electron chi connectivity index (χ4n) is 1.63. The van der Waals surface area contributed by atoms with Crippen molar-refractivity contribution in [2.45, 2.75) is 6.18 Å². The van der Waals surface area contributed by atoms with E-state index in [9.17, 15) is 17.6 Å². The van der Waals surface area contributed by atoms with Crippen LogP contribution in [0.4, 0.5) is 34.6 Å². The molecule has 2 aromatic rings. The molecule has 0 radical (unpaired) electrons. The number of hydrogen-bond donors (Lipinski definition) is 2. The van der Waals surface area contributed by atoms with Crippen LogP contribution >= 0.6 is 15.9 Å². The molecule has 3 N–H and O–H groups in total. The lowest BCUT2D eigenvalue weighted by Gasteiger charge is -2.13. The number of halogens is 5. The Bertz CT molecular complexity index is 641. The smallest absolute Gasteiger partial charge is 0.398 e. The molecule has 106 valence electrons. The summed E-state index contributed by atoms with van der Waals surface area (Å²) in [6, 6.07) is 7.53. The van der Waals surface area contributed by atoms with Crippen molar-refractivity contribution in [2.24, 2.45) is 0 Å². The van der Waals surface area contributed by atoms with E-state index < -0.39 is 17.6 Å². The molecule has 2 rings (SSSR count). The summed E-state index contributed by atoms with van der Waals surface area (Å²) in [7, 11) is 0. The van der Waals surface area contributed by atoms with Gasteiger partial charge in [0.15, 0.2) is 0 Å². The second-order valence-electron chi connectivity index (χ2n) is 4.05. The van der Waals surface area contributed by atoms with Crippen molar-refractivity contribution in [3.05, 3.63) is 52.3 Å². The molecule has 0 atom stereocenters. The van der Waals surface area contributed by atoms with Gasteiger partial charge >= 0.3 is 6.18 Å². The Labute approximate surface area is 120 Å². The number of nitrogens with two attached hydrogens (primary N) is 1. The molecule has 0 saturated heterocycles. The Hall–Kier alpha value is -1.76. The van der Waals surface area contributed by atoms with Crippen molar-refractivity contribution in [3.63, 3.8) is 0 Å². The van der Waals surface area contributed by atoms with Gasteiger partial charge in [-0.05, 0) is 36.4 Å². The van der Waals surface area contributed by atoms with Crippen LogP contribution in [-0.4, -0.2) is 0 Å². The van der Waals surface area contributed by atoms with Crippen LogP contribution in [0.25, 0.3) is 0 Å². The molecule has 0 bridgehead atoms. The van der Waals surface area contributed by atoms with Crippen molar-refractivity contribution in [3.8, 4) is 0 Å². The van der Waals surface area contributed by atoms with E-state index in [2.05, 4.69) is 21.2 Å². The molecule has 0 spiro atoms. The zero-order valence-corrected chi connectivity index (χ0v) is 11.5. The third-order valence-electron chi connectivity index (χ3n) is 2.57. The van der Waals surface area contributed by atoms with Crippen molar-refractivity contribution in [1.82, 2.24) is 0 Å². The number of anilines is 3. The highest BCUT2D eigenvalue weighted by Gasteiger charge is 2.33. The summed E-state index contributed by atoms with van der Waals surface area (Å²) in [5.41, 5.74) is 4.14. The van der Waals surface area contributed by atoms with Crippen LogP contribution in [0.1, 0.15) is 5.56 Å². The Morgan fingerprint density at radius 2 is 1.75 bits per heavy atom. The predicted molar refractivity (Wildman–Crippen MR) is 73.2 cm³/mol. The maximum atomic E-state index is 13.6. The van der Waals surface area contributed by atoms with Gasteiger partial charge in [-0.25, -0.2) is 4.39 Å². The van der Waals surface area contributed by atoms with Crippen molar-refractivity contribution < 1.29 is 17.6 Å². The summed E-state index contributed by atoms with van der Waals surface area (Å²) < 4.78 is 52.3. The number of nitrogen functional groups attached to an aromatic ring is 1. The Morgan fingerprint density at radius 1 is 1.05 bits per heavy atom. The summed E-state index contributed by atoms with van der Waals surface area (Å²) in [6.45, 7) is 0. The summed E-state index contributed by atoms with van der Waals surface area (Å²) in [4.78, 5) is 0. The third kappa shape index (κ3) is 3.22. The normalized spacial score (nSPS) is 11.4. The second-order valence-corrected chi connectivity index (χ2v) is 4.96. The van der Waals surface area contributed by atoms with Crippen LogP contribution in [0.2, 0.25) is 0 Å². The van der Waals surface area contributed by atoms with E-state index in [0.717, 1.165) is 12.1 Å². The number of rotatable bonds is 2. The van der Waals surface area contributed by atoms with E-state index in [0.29, 0.717) is 4.47 Å². The van der Waals surface area contributed by atoms with Gasteiger partial charge in [-0.3, -0.25) is 0 Å². The molecule has 0 aromatic heterocycles.